The first-order chi connectivity index (χ1) is 15.5. The topological polar surface area (TPSA) is 90.6 Å². The van der Waals surface area contributed by atoms with E-state index in [1.54, 1.807) is 48.9 Å². The number of nitrogens with one attached hydrogen (secondary N) is 1. The highest BCUT2D eigenvalue weighted by atomic mass is 16.5. The Balaban J connectivity index is 1.54. The van der Waals surface area contributed by atoms with Crippen LogP contribution in [-0.2, 0) is 7.05 Å². The monoisotopic (exact) mass is 437 g/mol. The molecule has 2 amide bonds. The van der Waals surface area contributed by atoms with Crippen LogP contribution in [0.1, 0.15) is 24.6 Å². The van der Waals surface area contributed by atoms with E-state index in [0.29, 0.717) is 36.1 Å². The molecule has 0 radical (unpaired) electrons. The second kappa shape index (κ2) is 9.17. The molecule has 1 aliphatic rings. The standard InChI is InChI=1S/C23H27N5O4/c1-26-23(30)28(18-9-5-4-6-10-18)21(25-26)16-8-7-13-27(15-16)22(29)24-17-11-12-19(31-2)20(14-17)32-3/h4-6,9-12,14,16H,7-8,13,15H2,1-3H3,(H,24,29). The maximum absolute atomic E-state index is 13.0. The minimum atomic E-state index is -0.202. The highest BCUT2D eigenvalue weighted by Crippen LogP contribution is 2.31. The van der Waals surface area contributed by atoms with Crippen LogP contribution in [0, 0.1) is 0 Å². The molecule has 1 N–H and O–H groups in total. The Bertz CT molecular complexity index is 1150. The third-order valence-corrected chi connectivity index (χ3v) is 5.67. The Morgan fingerprint density at radius 2 is 1.84 bits per heavy atom. The molecule has 0 aliphatic carbocycles. The van der Waals surface area contributed by atoms with Crippen molar-refractivity contribution in [2.24, 2.45) is 7.05 Å². The summed E-state index contributed by atoms with van der Waals surface area (Å²) >= 11 is 0. The van der Waals surface area contributed by atoms with Crippen LogP contribution in [0.25, 0.3) is 5.69 Å². The van der Waals surface area contributed by atoms with Gasteiger partial charge in [-0.3, -0.25) is 0 Å². The molecular formula is C23H27N5O4. The molecule has 9 nitrogen and oxygen atoms in total. The van der Waals surface area contributed by atoms with Crippen LogP contribution in [0.5, 0.6) is 11.5 Å². The number of ether oxygens (including phenoxy) is 2. The molecule has 32 heavy (non-hydrogen) atoms. The zero-order valence-corrected chi connectivity index (χ0v) is 18.4. The highest BCUT2D eigenvalue weighted by molar-refractivity contribution is 5.89. The van der Waals surface area contributed by atoms with Crippen molar-refractivity contribution < 1.29 is 14.3 Å². The van der Waals surface area contributed by atoms with Crippen LogP contribution in [0.15, 0.2) is 53.3 Å². The van der Waals surface area contributed by atoms with E-state index in [9.17, 15) is 9.59 Å². The van der Waals surface area contributed by atoms with Gasteiger partial charge in [-0.1, -0.05) is 18.2 Å². The van der Waals surface area contributed by atoms with E-state index in [4.69, 9.17) is 9.47 Å². The van der Waals surface area contributed by atoms with Gasteiger partial charge < -0.3 is 19.7 Å². The molecule has 1 aliphatic heterocycles. The average Bonchev–Trinajstić information content (AvgIpc) is 3.13. The van der Waals surface area contributed by atoms with Crippen molar-refractivity contribution in [1.82, 2.24) is 19.2 Å². The molecule has 4 rings (SSSR count). The minimum Gasteiger partial charge on any atom is -0.493 e. The van der Waals surface area contributed by atoms with Gasteiger partial charge in [-0.15, -0.1) is 0 Å². The molecule has 2 heterocycles. The van der Waals surface area contributed by atoms with Crippen LogP contribution >= 0.6 is 0 Å². The van der Waals surface area contributed by atoms with E-state index in [1.165, 1.54) is 4.68 Å². The number of hydrogen-bond donors (Lipinski definition) is 1. The van der Waals surface area contributed by atoms with Gasteiger partial charge in [-0.25, -0.2) is 18.8 Å². The maximum atomic E-state index is 13.0. The lowest BCUT2D eigenvalue weighted by molar-refractivity contribution is 0.191. The first-order valence-electron chi connectivity index (χ1n) is 10.5. The van der Waals surface area contributed by atoms with Gasteiger partial charge in [0.25, 0.3) is 0 Å². The summed E-state index contributed by atoms with van der Waals surface area (Å²) in [6.45, 7) is 1.11. The number of aryl methyl sites for hydroxylation is 1. The summed E-state index contributed by atoms with van der Waals surface area (Å²) in [4.78, 5) is 27.5. The third kappa shape index (κ3) is 4.18. The lowest BCUT2D eigenvalue weighted by atomic mass is 9.97. The molecule has 0 saturated carbocycles. The van der Waals surface area contributed by atoms with Crippen molar-refractivity contribution in [3.8, 4) is 17.2 Å². The van der Waals surface area contributed by atoms with Crippen LogP contribution in [0.2, 0.25) is 0 Å². The number of piperidine rings is 1. The summed E-state index contributed by atoms with van der Waals surface area (Å²) in [6, 6.07) is 14.5. The smallest absolute Gasteiger partial charge is 0.350 e. The Hall–Kier alpha value is -3.75. The largest absolute Gasteiger partial charge is 0.493 e. The third-order valence-electron chi connectivity index (χ3n) is 5.67. The average molecular weight is 438 g/mol. The summed E-state index contributed by atoms with van der Waals surface area (Å²) in [5, 5.41) is 7.44. The van der Waals surface area contributed by atoms with Crippen LogP contribution in [-0.4, -0.2) is 52.6 Å². The summed E-state index contributed by atoms with van der Waals surface area (Å²) in [5.41, 5.74) is 1.19. The van der Waals surface area contributed by atoms with E-state index < -0.39 is 0 Å². The summed E-state index contributed by atoms with van der Waals surface area (Å²) in [7, 11) is 4.77. The lowest BCUT2D eigenvalue weighted by Gasteiger charge is -2.32. The van der Waals surface area contributed by atoms with Gasteiger partial charge in [0.15, 0.2) is 11.5 Å². The quantitative estimate of drug-likeness (QED) is 0.663. The number of carbonyl (C=O) groups excluding carboxylic acids is 1. The van der Waals surface area contributed by atoms with Crippen LogP contribution in [0.3, 0.4) is 0 Å². The first kappa shape index (κ1) is 21.5. The number of hydrogen-bond acceptors (Lipinski definition) is 5. The normalized spacial score (nSPS) is 16.0. The van der Waals surface area contributed by atoms with Gasteiger partial charge in [0.1, 0.15) is 5.82 Å². The molecule has 1 aromatic heterocycles. The predicted octanol–water partition coefficient (Wildman–Crippen LogP) is 3.00. The van der Waals surface area contributed by atoms with Crippen LogP contribution in [0.4, 0.5) is 10.5 Å². The number of para-hydroxylation sites is 1. The Morgan fingerprint density at radius 1 is 1.09 bits per heavy atom. The molecule has 1 atom stereocenters. The van der Waals surface area contributed by atoms with Crippen molar-refractivity contribution >= 4 is 11.7 Å². The lowest BCUT2D eigenvalue weighted by Crippen LogP contribution is -2.42. The maximum Gasteiger partial charge on any atom is 0.350 e. The molecule has 1 saturated heterocycles. The number of nitrogens with zero attached hydrogens (tertiary/aromatic N) is 4. The fourth-order valence-corrected chi connectivity index (χ4v) is 4.06. The molecular weight excluding hydrogens is 410 g/mol. The number of rotatable bonds is 5. The number of carbonyl (C=O) groups is 1. The number of urea groups is 1. The zero-order chi connectivity index (χ0) is 22.7. The van der Waals surface area contributed by atoms with Crippen molar-refractivity contribution in [2.45, 2.75) is 18.8 Å². The molecule has 1 fully saturated rings. The van der Waals surface area contributed by atoms with Crippen molar-refractivity contribution in [3.05, 3.63) is 64.8 Å². The van der Waals surface area contributed by atoms with Gasteiger partial charge in [0.05, 0.1) is 19.9 Å². The van der Waals surface area contributed by atoms with E-state index in [0.717, 1.165) is 18.5 Å². The summed E-state index contributed by atoms with van der Waals surface area (Å²) < 4.78 is 13.6. The zero-order valence-electron chi connectivity index (χ0n) is 18.4. The molecule has 3 aromatic rings. The number of methoxy groups -OCH3 is 2. The van der Waals surface area contributed by atoms with Gasteiger partial charge in [-0.2, -0.15) is 5.10 Å². The molecule has 0 spiro atoms. The van der Waals surface area contributed by atoms with Gasteiger partial charge >= 0.3 is 11.7 Å². The molecule has 9 heteroatoms. The second-order valence-electron chi connectivity index (χ2n) is 7.72. The van der Waals surface area contributed by atoms with E-state index in [2.05, 4.69) is 10.4 Å². The molecule has 2 aromatic carbocycles. The van der Waals surface area contributed by atoms with Crippen molar-refractivity contribution in [3.63, 3.8) is 0 Å². The molecule has 0 bridgehead atoms. The fraction of sp³-hybridized carbons (Fsp3) is 0.348. The minimum absolute atomic E-state index is 0.0472. The van der Waals surface area contributed by atoms with E-state index in [-0.39, 0.29) is 17.6 Å². The van der Waals surface area contributed by atoms with Gasteiger partial charge in [-0.05, 0) is 37.1 Å². The fourth-order valence-electron chi connectivity index (χ4n) is 4.06. The van der Waals surface area contributed by atoms with Crippen molar-refractivity contribution in [1.29, 1.82) is 0 Å². The second-order valence-corrected chi connectivity index (χ2v) is 7.72. The van der Waals surface area contributed by atoms with Crippen molar-refractivity contribution in [2.75, 3.05) is 32.6 Å². The Kier molecular flexibility index (Phi) is 6.16. The predicted molar refractivity (Wildman–Crippen MR) is 121 cm³/mol. The van der Waals surface area contributed by atoms with Gasteiger partial charge in [0.2, 0.25) is 0 Å². The van der Waals surface area contributed by atoms with Gasteiger partial charge in [0, 0.05) is 37.8 Å². The van der Waals surface area contributed by atoms with E-state index in [1.807, 2.05) is 30.3 Å². The Labute approximate surface area is 186 Å². The number of anilines is 1. The Morgan fingerprint density at radius 3 is 2.56 bits per heavy atom. The highest BCUT2D eigenvalue weighted by Gasteiger charge is 2.30. The number of benzene rings is 2. The first-order valence-corrected chi connectivity index (χ1v) is 10.5. The number of likely N-dealkylation sites (tertiary alicyclic amines) is 1. The number of amides is 2. The summed E-state index contributed by atoms with van der Waals surface area (Å²) in [6.07, 6.45) is 1.67. The summed E-state index contributed by atoms with van der Waals surface area (Å²) in [5.74, 6) is 1.76. The SMILES string of the molecule is COc1ccc(NC(=O)N2CCCC(c3nn(C)c(=O)n3-c3ccccc3)C2)cc1OC. The van der Waals surface area contributed by atoms with Crippen LogP contribution < -0.4 is 20.5 Å². The molecule has 1 unspecified atom stereocenters. The van der Waals surface area contributed by atoms with E-state index >= 15 is 0 Å². The molecule has 168 valence electrons. The number of aromatic nitrogens is 3.